The maximum absolute atomic E-state index is 12.4. The molecule has 23 heavy (non-hydrogen) atoms. The zero-order chi connectivity index (χ0) is 16.4. The molecule has 0 aliphatic carbocycles. The zero-order valence-electron chi connectivity index (χ0n) is 13.2. The van der Waals surface area contributed by atoms with E-state index < -0.39 is 10.2 Å². The molecule has 3 rings (SSSR count). The number of nitrogens with zero attached hydrogens (tertiary/aromatic N) is 2. The van der Waals surface area contributed by atoms with Gasteiger partial charge >= 0.3 is 0 Å². The third-order valence-electron chi connectivity index (χ3n) is 3.69. The Bertz CT molecular complexity index is 732. The second kappa shape index (κ2) is 6.82. The molecule has 0 spiro atoms. The normalized spacial score (nSPS) is 23.4. The van der Waals surface area contributed by atoms with Crippen LogP contribution in [-0.2, 0) is 21.4 Å². The summed E-state index contributed by atoms with van der Waals surface area (Å²) in [7, 11) is -3.47. The summed E-state index contributed by atoms with van der Waals surface area (Å²) in [5, 5.41) is 0.942. The van der Waals surface area contributed by atoms with E-state index in [1.165, 1.54) is 4.31 Å². The molecule has 1 aliphatic heterocycles. The van der Waals surface area contributed by atoms with E-state index in [4.69, 9.17) is 4.74 Å². The first-order valence-corrected chi connectivity index (χ1v) is 9.94. The van der Waals surface area contributed by atoms with Crippen LogP contribution in [0.5, 0.6) is 0 Å². The summed E-state index contributed by atoms with van der Waals surface area (Å²) in [5.74, 6) is 0. The molecule has 2 atom stereocenters. The van der Waals surface area contributed by atoms with Crippen LogP contribution in [0.1, 0.15) is 18.9 Å². The van der Waals surface area contributed by atoms with Gasteiger partial charge in [-0.15, -0.1) is 11.3 Å². The van der Waals surface area contributed by atoms with Crippen LogP contribution >= 0.6 is 11.3 Å². The maximum Gasteiger partial charge on any atom is 0.279 e. The SMILES string of the molecule is C[C@H]1CN(S(=O)(=O)NCCc2nc3ccccc3s2)C[C@H](C)O1. The highest BCUT2D eigenvalue weighted by Crippen LogP contribution is 2.21. The Morgan fingerprint density at radius 2 is 2.00 bits per heavy atom. The van der Waals surface area contributed by atoms with Crippen molar-refractivity contribution >= 4 is 31.8 Å². The molecule has 1 N–H and O–H groups in total. The molecule has 1 saturated heterocycles. The number of para-hydroxylation sites is 1. The standard InChI is InChI=1S/C15H21N3O3S2/c1-11-9-18(10-12(2)21-11)23(19,20)16-8-7-15-17-13-5-3-4-6-14(13)22-15/h3-6,11-12,16H,7-10H2,1-2H3/t11-,12-/m0/s1. The van der Waals surface area contributed by atoms with Crippen molar-refractivity contribution in [3.8, 4) is 0 Å². The van der Waals surface area contributed by atoms with Gasteiger partial charge in [0.15, 0.2) is 0 Å². The number of aromatic nitrogens is 1. The van der Waals surface area contributed by atoms with E-state index >= 15 is 0 Å². The van der Waals surface area contributed by atoms with Crippen LogP contribution in [0.25, 0.3) is 10.2 Å². The minimum atomic E-state index is -3.47. The Morgan fingerprint density at radius 3 is 2.70 bits per heavy atom. The summed E-state index contributed by atoms with van der Waals surface area (Å²) in [6, 6.07) is 7.93. The lowest BCUT2D eigenvalue weighted by Gasteiger charge is -2.34. The molecule has 2 heterocycles. The van der Waals surface area contributed by atoms with Gasteiger partial charge in [0, 0.05) is 26.1 Å². The molecule has 2 aromatic rings. The minimum absolute atomic E-state index is 0.0837. The number of thiazole rings is 1. The topological polar surface area (TPSA) is 71.5 Å². The van der Waals surface area contributed by atoms with Crippen molar-refractivity contribution in [1.82, 2.24) is 14.0 Å². The molecule has 0 amide bonds. The fourth-order valence-electron chi connectivity index (χ4n) is 2.73. The second-order valence-corrected chi connectivity index (χ2v) is 8.67. The predicted octanol–water partition coefficient (Wildman–Crippen LogP) is 1.78. The molecule has 6 nitrogen and oxygen atoms in total. The molecular formula is C15H21N3O3S2. The monoisotopic (exact) mass is 355 g/mol. The van der Waals surface area contributed by atoms with Gasteiger partial charge in [-0.05, 0) is 26.0 Å². The quantitative estimate of drug-likeness (QED) is 0.887. The Kier molecular flexibility index (Phi) is 4.98. The number of fused-ring (bicyclic) bond motifs is 1. The van der Waals surface area contributed by atoms with Gasteiger partial charge in [-0.1, -0.05) is 12.1 Å². The minimum Gasteiger partial charge on any atom is -0.373 e. The number of ether oxygens (including phenoxy) is 1. The van der Waals surface area contributed by atoms with Gasteiger partial charge in [-0.2, -0.15) is 12.7 Å². The molecule has 8 heteroatoms. The smallest absolute Gasteiger partial charge is 0.279 e. The number of morpholine rings is 1. The predicted molar refractivity (Wildman–Crippen MR) is 91.8 cm³/mol. The molecule has 126 valence electrons. The lowest BCUT2D eigenvalue weighted by molar-refractivity contribution is -0.0443. The molecule has 0 unspecified atom stereocenters. The van der Waals surface area contributed by atoms with E-state index in [-0.39, 0.29) is 12.2 Å². The summed E-state index contributed by atoms with van der Waals surface area (Å²) >= 11 is 1.60. The third-order valence-corrected chi connectivity index (χ3v) is 6.33. The number of hydrogen-bond donors (Lipinski definition) is 1. The van der Waals surface area contributed by atoms with Crippen molar-refractivity contribution in [3.63, 3.8) is 0 Å². The van der Waals surface area contributed by atoms with Crippen molar-refractivity contribution < 1.29 is 13.2 Å². The van der Waals surface area contributed by atoms with Crippen molar-refractivity contribution in [2.24, 2.45) is 0 Å². The molecule has 0 radical (unpaired) electrons. The van der Waals surface area contributed by atoms with Crippen LogP contribution < -0.4 is 4.72 Å². The van der Waals surface area contributed by atoms with Crippen LogP contribution in [-0.4, -0.2) is 49.5 Å². The van der Waals surface area contributed by atoms with Gasteiger partial charge in [-0.3, -0.25) is 0 Å². The lowest BCUT2D eigenvalue weighted by atomic mass is 10.3. The highest BCUT2D eigenvalue weighted by atomic mass is 32.2. The largest absolute Gasteiger partial charge is 0.373 e. The van der Waals surface area contributed by atoms with Crippen LogP contribution in [0.15, 0.2) is 24.3 Å². The van der Waals surface area contributed by atoms with Crippen LogP contribution in [0.2, 0.25) is 0 Å². The fraction of sp³-hybridized carbons (Fsp3) is 0.533. The number of nitrogens with one attached hydrogen (secondary N) is 1. The van der Waals surface area contributed by atoms with Gasteiger partial charge in [0.1, 0.15) is 0 Å². The van der Waals surface area contributed by atoms with Crippen molar-refractivity contribution in [2.45, 2.75) is 32.5 Å². The first kappa shape index (κ1) is 16.8. The van der Waals surface area contributed by atoms with E-state index in [2.05, 4.69) is 9.71 Å². The lowest BCUT2D eigenvalue weighted by Crippen LogP contribution is -2.52. The number of rotatable bonds is 5. The molecule has 0 saturated carbocycles. The Morgan fingerprint density at radius 1 is 1.30 bits per heavy atom. The number of benzene rings is 1. The Balaban J connectivity index is 1.58. The van der Waals surface area contributed by atoms with Crippen LogP contribution in [0, 0.1) is 0 Å². The Hall–Kier alpha value is -1.06. The number of hydrogen-bond acceptors (Lipinski definition) is 5. The molecule has 1 fully saturated rings. The van der Waals surface area contributed by atoms with Crippen molar-refractivity contribution in [1.29, 1.82) is 0 Å². The van der Waals surface area contributed by atoms with E-state index in [1.807, 2.05) is 38.1 Å². The fourth-order valence-corrected chi connectivity index (χ4v) is 5.05. The van der Waals surface area contributed by atoms with Gasteiger partial charge < -0.3 is 4.74 Å². The molecule has 1 aliphatic rings. The average molecular weight is 355 g/mol. The van der Waals surface area contributed by atoms with Crippen LogP contribution in [0.4, 0.5) is 0 Å². The van der Waals surface area contributed by atoms with E-state index in [0.717, 1.165) is 15.2 Å². The van der Waals surface area contributed by atoms with Gasteiger partial charge in [0.25, 0.3) is 10.2 Å². The van der Waals surface area contributed by atoms with Crippen molar-refractivity contribution in [2.75, 3.05) is 19.6 Å². The summed E-state index contributed by atoms with van der Waals surface area (Å²) in [6.07, 6.45) is 0.424. The third kappa shape index (κ3) is 4.07. The Labute approximate surface area is 140 Å². The second-order valence-electron chi connectivity index (χ2n) is 5.80. The summed E-state index contributed by atoms with van der Waals surface area (Å²) in [6.45, 7) is 4.91. The summed E-state index contributed by atoms with van der Waals surface area (Å²) in [4.78, 5) is 4.52. The van der Waals surface area contributed by atoms with Gasteiger partial charge in [0.05, 0.1) is 27.4 Å². The highest BCUT2D eigenvalue weighted by molar-refractivity contribution is 7.87. The van der Waals surface area contributed by atoms with E-state index in [9.17, 15) is 8.42 Å². The first-order chi connectivity index (χ1) is 10.9. The molecule has 1 aromatic carbocycles. The van der Waals surface area contributed by atoms with Crippen LogP contribution in [0.3, 0.4) is 0 Å². The molecule has 0 bridgehead atoms. The highest BCUT2D eigenvalue weighted by Gasteiger charge is 2.30. The van der Waals surface area contributed by atoms with Gasteiger partial charge in [-0.25, -0.2) is 9.71 Å². The summed E-state index contributed by atoms with van der Waals surface area (Å²) in [5.41, 5.74) is 0.964. The molecular weight excluding hydrogens is 334 g/mol. The van der Waals surface area contributed by atoms with Gasteiger partial charge in [0.2, 0.25) is 0 Å². The van der Waals surface area contributed by atoms with E-state index in [0.29, 0.717) is 26.1 Å². The molecule has 1 aromatic heterocycles. The average Bonchev–Trinajstić information content (AvgIpc) is 2.88. The zero-order valence-corrected chi connectivity index (χ0v) is 14.9. The van der Waals surface area contributed by atoms with E-state index in [1.54, 1.807) is 11.3 Å². The summed E-state index contributed by atoms with van der Waals surface area (Å²) < 4.78 is 35.6. The van der Waals surface area contributed by atoms with Crippen molar-refractivity contribution in [3.05, 3.63) is 29.3 Å². The first-order valence-electron chi connectivity index (χ1n) is 7.69. The maximum atomic E-state index is 12.4.